The molecule has 6 heteroatoms. The summed E-state index contributed by atoms with van der Waals surface area (Å²) < 4.78 is 2.06. The highest BCUT2D eigenvalue weighted by Gasteiger charge is 2.11. The van der Waals surface area contributed by atoms with E-state index in [1.54, 1.807) is 0 Å². The number of benzene rings is 1. The van der Waals surface area contributed by atoms with Crippen molar-refractivity contribution in [1.29, 1.82) is 0 Å². The van der Waals surface area contributed by atoms with Gasteiger partial charge in [-0.1, -0.05) is 49.0 Å². The molecule has 0 bridgehead atoms. The molecular formula is C16H22N4OS. The number of aryl methyl sites for hydroxylation is 1. The van der Waals surface area contributed by atoms with E-state index in [1.165, 1.54) is 17.3 Å². The van der Waals surface area contributed by atoms with E-state index in [0.717, 1.165) is 30.4 Å². The van der Waals surface area contributed by atoms with E-state index in [2.05, 4.69) is 46.1 Å². The molecule has 5 nitrogen and oxygen atoms in total. The zero-order valence-corrected chi connectivity index (χ0v) is 13.9. The molecule has 0 unspecified atom stereocenters. The Hall–Kier alpha value is -1.82. The van der Waals surface area contributed by atoms with Gasteiger partial charge in [-0.2, -0.15) is 0 Å². The summed E-state index contributed by atoms with van der Waals surface area (Å²) in [5.74, 6) is 1.37. The monoisotopic (exact) mass is 318 g/mol. The summed E-state index contributed by atoms with van der Waals surface area (Å²) in [5.41, 5.74) is 1.23. The molecule has 0 fully saturated rings. The van der Waals surface area contributed by atoms with Crippen molar-refractivity contribution >= 4 is 17.7 Å². The standard InChI is InChI=1S/C16H22N4OS/c1-3-14-18-19-16(20(14)4-2)22-12-15(21)17-11-10-13-8-6-5-7-9-13/h5-9H,3-4,10-12H2,1-2H3,(H,17,21). The minimum absolute atomic E-state index is 0.0321. The Morgan fingerprint density at radius 3 is 2.68 bits per heavy atom. The van der Waals surface area contributed by atoms with E-state index in [4.69, 9.17) is 0 Å². The van der Waals surface area contributed by atoms with Crippen LogP contribution in [0.5, 0.6) is 0 Å². The van der Waals surface area contributed by atoms with Crippen molar-refractivity contribution in [2.45, 2.75) is 38.4 Å². The van der Waals surface area contributed by atoms with Gasteiger partial charge in [0.05, 0.1) is 5.75 Å². The van der Waals surface area contributed by atoms with Gasteiger partial charge in [-0.25, -0.2) is 0 Å². The lowest BCUT2D eigenvalue weighted by Gasteiger charge is -2.07. The molecule has 118 valence electrons. The summed E-state index contributed by atoms with van der Waals surface area (Å²) in [4.78, 5) is 11.9. The Kier molecular flexibility index (Phi) is 6.45. The summed E-state index contributed by atoms with van der Waals surface area (Å²) in [7, 11) is 0. The second kappa shape index (κ2) is 8.58. The normalized spacial score (nSPS) is 10.6. The molecule has 1 aromatic heterocycles. The first-order chi connectivity index (χ1) is 10.7. The fourth-order valence-electron chi connectivity index (χ4n) is 2.18. The van der Waals surface area contributed by atoms with Gasteiger partial charge in [0.15, 0.2) is 5.16 Å². The molecule has 0 atom stereocenters. The summed E-state index contributed by atoms with van der Waals surface area (Å²) in [5, 5.41) is 12.1. The van der Waals surface area contributed by atoms with Crippen molar-refractivity contribution in [2.24, 2.45) is 0 Å². The second-order valence-corrected chi connectivity index (χ2v) is 5.81. The topological polar surface area (TPSA) is 59.8 Å². The number of hydrogen-bond donors (Lipinski definition) is 1. The summed E-state index contributed by atoms with van der Waals surface area (Å²) in [6.45, 7) is 5.60. The molecule has 22 heavy (non-hydrogen) atoms. The average Bonchev–Trinajstić information content (AvgIpc) is 2.96. The van der Waals surface area contributed by atoms with Crippen molar-refractivity contribution in [1.82, 2.24) is 20.1 Å². The predicted octanol–water partition coefficient (Wildman–Crippen LogP) is 2.31. The molecule has 1 aromatic carbocycles. The molecule has 0 saturated heterocycles. The Balaban J connectivity index is 1.75. The fourth-order valence-corrected chi connectivity index (χ4v) is 3.03. The van der Waals surface area contributed by atoms with Gasteiger partial charge in [-0.3, -0.25) is 4.79 Å². The first-order valence-electron chi connectivity index (χ1n) is 7.60. The maximum Gasteiger partial charge on any atom is 0.230 e. The molecule has 2 aromatic rings. The molecular weight excluding hydrogens is 296 g/mol. The molecule has 1 N–H and O–H groups in total. The number of hydrogen-bond acceptors (Lipinski definition) is 4. The van der Waals surface area contributed by atoms with E-state index >= 15 is 0 Å². The van der Waals surface area contributed by atoms with Gasteiger partial charge < -0.3 is 9.88 Å². The van der Waals surface area contributed by atoms with Crippen molar-refractivity contribution in [3.8, 4) is 0 Å². The minimum Gasteiger partial charge on any atom is -0.355 e. The third-order valence-corrected chi connectivity index (χ3v) is 4.30. The Morgan fingerprint density at radius 1 is 1.23 bits per heavy atom. The number of aromatic nitrogens is 3. The lowest BCUT2D eigenvalue weighted by molar-refractivity contribution is -0.118. The first-order valence-corrected chi connectivity index (χ1v) is 8.58. The van der Waals surface area contributed by atoms with Gasteiger partial charge in [-0.05, 0) is 18.9 Å². The van der Waals surface area contributed by atoms with Crippen molar-refractivity contribution < 1.29 is 4.79 Å². The highest BCUT2D eigenvalue weighted by molar-refractivity contribution is 7.99. The summed E-state index contributed by atoms with van der Waals surface area (Å²) >= 11 is 1.44. The van der Waals surface area contributed by atoms with Gasteiger partial charge in [0, 0.05) is 19.5 Å². The molecule has 0 aliphatic rings. The number of carbonyl (C=O) groups excluding carboxylic acids is 1. The van der Waals surface area contributed by atoms with Gasteiger partial charge in [-0.15, -0.1) is 10.2 Å². The Morgan fingerprint density at radius 2 is 2.00 bits per heavy atom. The molecule has 1 amide bonds. The van der Waals surface area contributed by atoms with Crippen LogP contribution in [0, 0.1) is 0 Å². The van der Waals surface area contributed by atoms with Crippen molar-refractivity contribution in [3.05, 3.63) is 41.7 Å². The van der Waals surface area contributed by atoms with Crippen LogP contribution in [0.25, 0.3) is 0 Å². The van der Waals surface area contributed by atoms with E-state index < -0.39 is 0 Å². The van der Waals surface area contributed by atoms with Crippen LogP contribution >= 0.6 is 11.8 Å². The number of rotatable bonds is 8. The SMILES string of the molecule is CCc1nnc(SCC(=O)NCCc2ccccc2)n1CC. The molecule has 0 radical (unpaired) electrons. The van der Waals surface area contributed by atoms with Gasteiger partial charge >= 0.3 is 0 Å². The largest absolute Gasteiger partial charge is 0.355 e. The molecule has 1 heterocycles. The minimum atomic E-state index is 0.0321. The highest BCUT2D eigenvalue weighted by atomic mass is 32.2. The van der Waals surface area contributed by atoms with E-state index in [9.17, 15) is 4.79 Å². The maximum atomic E-state index is 11.9. The predicted molar refractivity (Wildman–Crippen MR) is 89.0 cm³/mol. The van der Waals surface area contributed by atoms with E-state index in [0.29, 0.717) is 12.3 Å². The smallest absolute Gasteiger partial charge is 0.230 e. The lowest BCUT2D eigenvalue weighted by Crippen LogP contribution is -2.27. The van der Waals surface area contributed by atoms with Crippen LogP contribution in [0.3, 0.4) is 0 Å². The van der Waals surface area contributed by atoms with E-state index in [1.807, 2.05) is 18.2 Å². The Labute approximate surface area is 135 Å². The van der Waals surface area contributed by atoms with Gasteiger partial charge in [0.25, 0.3) is 0 Å². The summed E-state index contributed by atoms with van der Waals surface area (Å²) in [6.07, 6.45) is 1.70. The van der Waals surface area contributed by atoms with Crippen molar-refractivity contribution in [2.75, 3.05) is 12.3 Å². The second-order valence-electron chi connectivity index (χ2n) is 4.87. The first kappa shape index (κ1) is 16.5. The molecule has 2 rings (SSSR count). The molecule has 0 spiro atoms. The van der Waals surface area contributed by atoms with Crippen LogP contribution in [0.15, 0.2) is 35.5 Å². The van der Waals surface area contributed by atoms with Crippen LogP contribution in [-0.4, -0.2) is 33.0 Å². The number of amides is 1. The van der Waals surface area contributed by atoms with E-state index in [-0.39, 0.29) is 5.91 Å². The molecule has 0 saturated carbocycles. The maximum absolute atomic E-state index is 11.9. The number of nitrogens with one attached hydrogen (secondary N) is 1. The van der Waals surface area contributed by atoms with Crippen LogP contribution in [0.4, 0.5) is 0 Å². The number of carbonyl (C=O) groups is 1. The fraction of sp³-hybridized carbons (Fsp3) is 0.438. The number of thioether (sulfide) groups is 1. The molecule has 0 aliphatic heterocycles. The van der Waals surface area contributed by atoms with Crippen LogP contribution in [0.1, 0.15) is 25.2 Å². The van der Waals surface area contributed by atoms with Crippen LogP contribution in [-0.2, 0) is 24.2 Å². The Bertz CT molecular complexity index is 597. The zero-order valence-electron chi connectivity index (χ0n) is 13.1. The average molecular weight is 318 g/mol. The zero-order chi connectivity index (χ0) is 15.8. The third-order valence-electron chi connectivity index (χ3n) is 3.34. The van der Waals surface area contributed by atoms with Gasteiger partial charge in [0.2, 0.25) is 5.91 Å². The highest BCUT2D eigenvalue weighted by Crippen LogP contribution is 2.16. The number of nitrogens with zero attached hydrogens (tertiary/aromatic N) is 3. The van der Waals surface area contributed by atoms with Crippen LogP contribution in [0.2, 0.25) is 0 Å². The quantitative estimate of drug-likeness (QED) is 0.759. The lowest BCUT2D eigenvalue weighted by atomic mass is 10.1. The van der Waals surface area contributed by atoms with Crippen molar-refractivity contribution in [3.63, 3.8) is 0 Å². The van der Waals surface area contributed by atoms with Gasteiger partial charge in [0.1, 0.15) is 5.82 Å². The van der Waals surface area contributed by atoms with Crippen LogP contribution < -0.4 is 5.32 Å². The molecule has 0 aliphatic carbocycles. The third kappa shape index (κ3) is 4.59. The summed E-state index contributed by atoms with van der Waals surface area (Å²) in [6, 6.07) is 10.1.